The number of aromatic nitrogens is 1. The molecule has 0 bridgehead atoms. The molecule has 0 aliphatic rings. The normalized spacial score (nSPS) is 12.1. The van der Waals surface area contributed by atoms with Crippen molar-refractivity contribution in [1.82, 2.24) is 10.3 Å². The van der Waals surface area contributed by atoms with E-state index < -0.39 is 10.9 Å². The summed E-state index contributed by atoms with van der Waals surface area (Å²) >= 11 is 0. The molecule has 2 rings (SSSR count). The zero-order valence-corrected chi connectivity index (χ0v) is 14.9. The Bertz CT molecular complexity index is 671. The molecule has 1 aromatic heterocycles. The van der Waals surface area contributed by atoms with E-state index in [1.165, 1.54) is 0 Å². The summed E-state index contributed by atoms with van der Waals surface area (Å²) in [5.74, 6) is 0.578. The number of anilines is 1. The van der Waals surface area contributed by atoms with Gasteiger partial charge < -0.3 is 10.6 Å². The van der Waals surface area contributed by atoms with Crippen LogP contribution in [0.3, 0.4) is 0 Å². The molecule has 8 heteroatoms. The van der Waals surface area contributed by atoms with Gasteiger partial charge >= 0.3 is 6.03 Å². The number of pyridine rings is 1. The maximum Gasteiger partial charge on any atom is 0.319 e. The van der Waals surface area contributed by atoms with Crippen LogP contribution in [0.15, 0.2) is 36.5 Å². The van der Waals surface area contributed by atoms with Gasteiger partial charge in [0.15, 0.2) is 0 Å². The van der Waals surface area contributed by atoms with E-state index in [1.54, 1.807) is 27.5 Å². The van der Waals surface area contributed by atoms with E-state index in [9.17, 15) is 4.79 Å². The van der Waals surface area contributed by atoms with Gasteiger partial charge in [0, 0.05) is 17.7 Å². The fourth-order valence-electron chi connectivity index (χ4n) is 2.22. The Kier molecular flexibility index (Phi) is 6.80. The SMILES string of the molecule is COS(CCCNC(=O)Nc1cnc2ccccc2c1)(OC)OC. The first-order chi connectivity index (χ1) is 11.6. The Labute approximate surface area is 143 Å². The van der Waals surface area contributed by atoms with Gasteiger partial charge in [0.25, 0.3) is 0 Å². The second kappa shape index (κ2) is 8.84. The van der Waals surface area contributed by atoms with Crippen LogP contribution in [0.25, 0.3) is 10.9 Å². The van der Waals surface area contributed by atoms with Crippen molar-refractivity contribution >= 4 is 33.5 Å². The maximum atomic E-state index is 11.9. The zero-order valence-electron chi connectivity index (χ0n) is 14.1. The van der Waals surface area contributed by atoms with Crippen molar-refractivity contribution < 1.29 is 17.3 Å². The highest BCUT2D eigenvalue weighted by Gasteiger charge is 2.22. The van der Waals surface area contributed by atoms with Crippen LogP contribution in [-0.4, -0.2) is 44.6 Å². The molecule has 2 amide bonds. The minimum Gasteiger partial charge on any atom is -0.338 e. The molecular formula is C16H23N3O4S. The van der Waals surface area contributed by atoms with Gasteiger partial charge in [-0.25, -0.2) is 4.79 Å². The standard InChI is InChI=1S/C16H23N3O4S/c1-21-24(22-2,23-3)10-6-9-17-16(20)19-14-11-13-7-4-5-8-15(13)18-12-14/h4-5,7-8,11-12H,6,9-10H2,1-3H3,(H2,17,19,20). The number of fused-ring (bicyclic) bond motifs is 1. The third-order valence-electron chi connectivity index (χ3n) is 3.47. The lowest BCUT2D eigenvalue weighted by atomic mass is 10.2. The highest BCUT2D eigenvalue weighted by atomic mass is 32.3. The number of benzene rings is 1. The van der Waals surface area contributed by atoms with E-state index in [-0.39, 0.29) is 6.03 Å². The van der Waals surface area contributed by atoms with Gasteiger partial charge in [-0.3, -0.25) is 17.5 Å². The van der Waals surface area contributed by atoms with Crippen LogP contribution in [0.1, 0.15) is 6.42 Å². The predicted molar refractivity (Wildman–Crippen MR) is 96.9 cm³/mol. The van der Waals surface area contributed by atoms with Crippen molar-refractivity contribution in [3.63, 3.8) is 0 Å². The van der Waals surface area contributed by atoms with Crippen LogP contribution in [0.4, 0.5) is 10.5 Å². The van der Waals surface area contributed by atoms with E-state index in [0.717, 1.165) is 10.9 Å². The highest BCUT2D eigenvalue weighted by molar-refractivity contribution is 8.21. The third-order valence-corrected chi connectivity index (χ3v) is 5.78. The molecule has 24 heavy (non-hydrogen) atoms. The summed E-state index contributed by atoms with van der Waals surface area (Å²) in [4.78, 5) is 16.3. The fourth-order valence-corrected chi connectivity index (χ4v) is 3.63. The van der Waals surface area contributed by atoms with Crippen LogP contribution < -0.4 is 10.6 Å². The lowest BCUT2D eigenvalue weighted by Crippen LogP contribution is -2.30. The Balaban J connectivity index is 1.80. The zero-order chi connectivity index (χ0) is 17.4. The fraction of sp³-hybridized carbons (Fsp3) is 0.375. The molecule has 132 valence electrons. The molecule has 1 heterocycles. The van der Waals surface area contributed by atoms with E-state index in [0.29, 0.717) is 24.4 Å². The van der Waals surface area contributed by atoms with Crippen LogP contribution in [0.2, 0.25) is 0 Å². The molecule has 7 nitrogen and oxygen atoms in total. The van der Waals surface area contributed by atoms with E-state index in [4.69, 9.17) is 12.5 Å². The molecular weight excluding hydrogens is 330 g/mol. The third kappa shape index (κ3) is 4.81. The van der Waals surface area contributed by atoms with E-state index in [1.807, 2.05) is 30.3 Å². The molecule has 2 N–H and O–H groups in total. The first-order valence-electron chi connectivity index (χ1n) is 7.50. The molecule has 0 spiro atoms. The van der Waals surface area contributed by atoms with Crippen molar-refractivity contribution in [3.8, 4) is 0 Å². The minimum absolute atomic E-state index is 0.278. The van der Waals surface area contributed by atoms with E-state index >= 15 is 0 Å². The number of carbonyl (C=O) groups excluding carboxylic acids is 1. The summed E-state index contributed by atoms with van der Waals surface area (Å²) < 4.78 is 15.8. The molecule has 0 atom stereocenters. The average molecular weight is 353 g/mol. The van der Waals surface area contributed by atoms with Gasteiger partial charge in [0.05, 0.1) is 49.6 Å². The molecule has 2 aromatic rings. The topological polar surface area (TPSA) is 81.7 Å². The Hall–Kier alpha value is -1.87. The van der Waals surface area contributed by atoms with Crippen LogP contribution in [0, 0.1) is 0 Å². The summed E-state index contributed by atoms with van der Waals surface area (Å²) in [7, 11) is 2.68. The van der Waals surface area contributed by atoms with Gasteiger partial charge in [-0.1, -0.05) is 18.2 Å². The van der Waals surface area contributed by atoms with Crippen LogP contribution in [-0.2, 0) is 12.5 Å². The monoisotopic (exact) mass is 353 g/mol. The number of urea groups is 1. The number of rotatable bonds is 8. The second-order valence-corrected chi connectivity index (χ2v) is 7.44. The quantitative estimate of drug-likeness (QED) is 0.712. The minimum atomic E-state index is -1.97. The number of hydrogen-bond acceptors (Lipinski definition) is 5. The smallest absolute Gasteiger partial charge is 0.319 e. The largest absolute Gasteiger partial charge is 0.338 e. The van der Waals surface area contributed by atoms with Gasteiger partial charge in [-0.05, 0) is 18.6 Å². The number of carbonyl (C=O) groups is 1. The van der Waals surface area contributed by atoms with Crippen molar-refractivity contribution in [3.05, 3.63) is 36.5 Å². The Morgan fingerprint density at radius 1 is 1.17 bits per heavy atom. The molecule has 0 radical (unpaired) electrons. The number of para-hydroxylation sites is 1. The van der Waals surface area contributed by atoms with E-state index in [2.05, 4.69) is 15.6 Å². The molecule has 0 unspecified atom stereocenters. The first-order valence-corrected chi connectivity index (χ1v) is 9.07. The first kappa shape index (κ1) is 18.5. The second-order valence-electron chi connectivity index (χ2n) is 4.91. The predicted octanol–water partition coefficient (Wildman–Crippen LogP) is 3.24. The molecule has 0 saturated carbocycles. The molecule has 0 fully saturated rings. The Morgan fingerprint density at radius 2 is 1.88 bits per heavy atom. The maximum absolute atomic E-state index is 11.9. The van der Waals surface area contributed by atoms with Crippen molar-refractivity contribution in [2.24, 2.45) is 0 Å². The Morgan fingerprint density at radius 3 is 2.58 bits per heavy atom. The van der Waals surface area contributed by atoms with Crippen molar-refractivity contribution in [1.29, 1.82) is 0 Å². The lowest BCUT2D eigenvalue weighted by Gasteiger charge is -2.33. The van der Waals surface area contributed by atoms with Gasteiger partial charge in [-0.15, -0.1) is 0 Å². The summed E-state index contributed by atoms with van der Waals surface area (Å²) in [6.07, 6.45) is 2.31. The van der Waals surface area contributed by atoms with Gasteiger partial charge in [0.1, 0.15) is 0 Å². The van der Waals surface area contributed by atoms with Crippen molar-refractivity contribution in [2.75, 3.05) is 38.9 Å². The number of amides is 2. The lowest BCUT2D eigenvalue weighted by molar-refractivity contribution is 0.245. The van der Waals surface area contributed by atoms with Crippen LogP contribution >= 0.6 is 10.9 Å². The molecule has 1 aromatic carbocycles. The van der Waals surface area contributed by atoms with Gasteiger partial charge in [-0.2, -0.15) is 0 Å². The number of hydrogen-bond donors (Lipinski definition) is 2. The van der Waals surface area contributed by atoms with Gasteiger partial charge in [0.2, 0.25) is 0 Å². The van der Waals surface area contributed by atoms with Crippen LogP contribution in [0.5, 0.6) is 0 Å². The molecule has 0 saturated heterocycles. The number of nitrogens with one attached hydrogen (secondary N) is 2. The summed E-state index contributed by atoms with van der Waals surface area (Å²) in [5.41, 5.74) is 1.54. The average Bonchev–Trinajstić information content (AvgIpc) is 2.62. The number of nitrogens with zero attached hydrogens (tertiary/aromatic N) is 1. The highest BCUT2D eigenvalue weighted by Crippen LogP contribution is 2.49. The summed E-state index contributed by atoms with van der Waals surface area (Å²) in [5, 5.41) is 6.54. The van der Waals surface area contributed by atoms with Crippen molar-refractivity contribution in [2.45, 2.75) is 6.42 Å². The molecule has 0 aliphatic heterocycles. The summed E-state index contributed by atoms with van der Waals surface area (Å²) in [6.45, 7) is 0.484. The molecule has 0 aliphatic carbocycles. The summed E-state index contributed by atoms with van der Waals surface area (Å²) in [6, 6.07) is 9.35.